The molecule has 23 heavy (non-hydrogen) atoms. The highest BCUT2D eigenvalue weighted by atomic mass is 16.3. The normalized spacial score (nSPS) is 38.7. The van der Waals surface area contributed by atoms with Gasteiger partial charge in [0.25, 0.3) is 0 Å². The summed E-state index contributed by atoms with van der Waals surface area (Å²) in [4.78, 5) is 15.6. The topological polar surface area (TPSA) is 65.4 Å². The Bertz CT molecular complexity index is 731. The summed E-state index contributed by atoms with van der Waals surface area (Å²) in [6.45, 7) is 13.4. The highest BCUT2D eigenvalue weighted by Gasteiger charge is 2.60. The van der Waals surface area contributed by atoms with Gasteiger partial charge in [0.1, 0.15) is 5.76 Å². The van der Waals surface area contributed by atoms with Crippen LogP contribution in [0.4, 0.5) is 0 Å². The summed E-state index contributed by atoms with van der Waals surface area (Å²) in [7, 11) is 0. The van der Waals surface area contributed by atoms with Crippen LogP contribution in [-0.4, -0.2) is 10.9 Å². The van der Waals surface area contributed by atoms with Crippen LogP contribution >= 0.6 is 0 Å². The van der Waals surface area contributed by atoms with E-state index in [-0.39, 0.29) is 17.5 Å². The molecule has 0 heterocycles. The molecule has 1 fully saturated rings. The average Bonchev–Trinajstić information content (AvgIpc) is 2.52. The van der Waals surface area contributed by atoms with Crippen molar-refractivity contribution in [1.29, 1.82) is 5.26 Å². The van der Waals surface area contributed by atoms with Crippen molar-refractivity contribution in [3.05, 3.63) is 34.5 Å². The molecule has 4 nitrogen and oxygen atoms in total. The molecule has 0 aliphatic heterocycles. The molecule has 0 radical (unpaired) electrons. The molecule has 4 heteroatoms. The zero-order chi connectivity index (χ0) is 17.0. The van der Waals surface area contributed by atoms with E-state index in [1.54, 1.807) is 6.08 Å². The van der Waals surface area contributed by atoms with Gasteiger partial charge in [-0.3, -0.25) is 4.79 Å². The van der Waals surface area contributed by atoms with E-state index in [1.807, 2.05) is 13.8 Å². The largest absolute Gasteiger partial charge is 0.523 e. The van der Waals surface area contributed by atoms with Gasteiger partial charge in [-0.05, 0) is 48.7 Å². The van der Waals surface area contributed by atoms with Gasteiger partial charge in [-0.25, -0.2) is 4.85 Å². The molecule has 0 saturated heterocycles. The van der Waals surface area contributed by atoms with Crippen molar-refractivity contribution >= 4 is 5.78 Å². The Morgan fingerprint density at radius 1 is 1.39 bits per heavy atom. The average molecular weight is 310 g/mol. The SMILES string of the molecule is [C-]#[N+]C1=C(O)C(C)(C)[C@@H]2CC[C@@]3(C#N)CCC(=O)C=C3[C@@]2(C)C1. The lowest BCUT2D eigenvalue weighted by molar-refractivity contribution is -0.116. The number of carbonyl (C=O) groups excluding carboxylic acids is 1. The van der Waals surface area contributed by atoms with E-state index < -0.39 is 16.2 Å². The standard InChI is InChI=1S/C19H22N2O2/c1-17(2)14-6-8-19(11-20)7-5-12(22)9-15(19)18(14,3)10-13(21-4)16(17)23/h9,14,23H,5-8,10H2,1-3H3/t14-,18-,19+/m0/s1. The predicted octanol–water partition coefficient (Wildman–Crippen LogP) is 4.32. The van der Waals surface area contributed by atoms with E-state index in [2.05, 4.69) is 17.8 Å². The molecule has 1 N–H and O–H groups in total. The molecular formula is C19H22N2O2. The summed E-state index contributed by atoms with van der Waals surface area (Å²) >= 11 is 0. The van der Waals surface area contributed by atoms with Crippen LogP contribution in [0.2, 0.25) is 0 Å². The Morgan fingerprint density at radius 2 is 2.09 bits per heavy atom. The first-order chi connectivity index (χ1) is 10.7. The predicted molar refractivity (Wildman–Crippen MR) is 85.9 cm³/mol. The van der Waals surface area contributed by atoms with E-state index in [0.717, 1.165) is 18.4 Å². The van der Waals surface area contributed by atoms with Crippen LogP contribution in [0.1, 0.15) is 52.9 Å². The summed E-state index contributed by atoms with van der Waals surface area (Å²) in [5.74, 6) is 0.384. The highest BCUT2D eigenvalue weighted by Crippen LogP contribution is 2.66. The molecule has 120 valence electrons. The van der Waals surface area contributed by atoms with Crippen molar-refractivity contribution in [2.45, 2.75) is 52.9 Å². The fraction of sp³-hybridized carbons (Fsp3) is 0.632. The Kier molecular flexibility index (Phi) is 3.24. The number of hydrogen-bond acceptors (Lipinski definition) is 3. The summed E-state index contributed by atoms with van der Waals surface area (Å²) in [5, 5.41) is 20.4. The fourth-order valence-corrected chi connectivity index (χ4v) is 5.32. The first-order valence-corrected chi connectivity index (χ1v) is 8.18. The monoisotopic (exact) mass is 310 g/mol. The summed E-state index contributed by atoms with van der Waals surface area (Å²) in [6, 6.07) is 2.49. The van der Waals surface area contributed by atoms with Crippen LogP contribution in [0.15, 0.2) is 23.1 Å². The van der Waals surface area contributed by atoms with E-state index in [4.69, 9.17) is 6.57 Å². The maximum atomic E-state index is 12.1. The van der Waals surface area contributed by atoms with Crippen molar-refractivity contribution < 1.29 is 9.90 Å². The van der Waals surface area contributed by atoms with Gasteiger partial charge in [0.05, 0.1) is 18.1 Å². The molecule has 3 aliphatic rings. The fourth-order valence-electron chi connectivity index (χ4n) is 5.32. The number of aliphatic hydroxyl groups is 1. The third-order valence-corrected chi connectivity index (χ3v) is 6.50. The number of carbonyl (C=O) groups is 1. The van der Waals surface area contributed by atoms with Gasteiger partial charge in [0, 0.05) is 11.8 Å². The van der Waals surface area contributed by atoms with Gasteiger partial charge < -0.3 is 5.11 Å². The molecule has 0 aromatic rings. The lowest BCUT2D eigenvalue weighted by atomic mass is 9.45. The van der Waals surface area contributed by atoms with E-state index in [9.17, 15) is 15.2 Å². The smallest absolute Gasteiger partial charge is 0.203 e. The number of nitriles is 1. The summed E-state index contributed by atoms with van der Waals surface area (Å²) in [6.07, 6.45) is 4.67. The number of nitrogens with zero attached hydrogens (tertiary/aromatic N) is 2. The Labute approximate surface area is 137 Å². The van der Waals surface area contributed by atoms with E-state index in [1.165, 1.54) is 0 Å². The van der Waals surface area contributed by atoms with Crippen LogP contribution in [0.25, 0.3) is 4.85 Å². The minimum atomic E-state index is -0.574. The molecule has 0 bridgehead atoms. The van der Waals surface area contributed by atoms with Crippen molar-refractivity contribution in [1.82, 2.24) is 0 Å². The minimum absolute atomic E-state index is 0.0775. The molecule has 0 spiro atoms. The Morgan fingerprint density at radius 3 is 2.70 bits per heavy atom. The molecule has 0 unspecified atom stereocenters. The number of allylic oxidation sites excluding steroid dienone is 4. The first kappa shape index (κ1) is 15.8. The van der Waals surface area contributed by atoms with Gasteiger partial charge in [-0.2, -0.15) is 5.26 Å². The summed E-state index contributed by atoms with van der Waals surface area (Å²) in [5.41, 5.74) is -0.228. The lowest BCUT2D eigenvalue weighted by Crippen LogP contribution is -2.52. The van der Waals surface area contributed by atoms with Crippen molar-refractivity contribution in [3.63, 3.8) is 0 Å². The zero-order valence-corrected chi connectivity index (χ0v) is 13.9. The van der Waals surface area contributed by atoms with E-state index in [0.29, 0.717) is 25.0 Å². The molecule has 1 saturated carbocycles. The third-order valence-electron chi connectivity index (χ3n) is 6.50. The molecule has 0 aromatic heterocycles. The van der Waals surface area contributed by atoms with Crippen LogP contribution in [-0.2, 0) is 4.79 Å². The second kappa shape index (κ2) is 4.71. The molecule has 3 aliphatic carbocycles. The van der Waals surface area contributed by atoms with Gasteiger partial charge >= 0.3 is 0 Å². The second-order valence-corrected chi connectivity index (χ2v) is 8.03. The second-order valence-electron chi connectivity index (χ2n) is 8.03. The molecule has 3 atom stereocenters. The van der Waals surface area contributed by atoms with Gasteiger partial charge in [0.2, 0.25) is 5.70 Å². The van der Waals surface area contributed by atoms with E-state index >= 15 is 0 Å². The zero-order valence-electron chi connectivity index (χ0n) is 13.9. The quantitative estimate of drug-likeness (QED) is 0.678. The number of hydrogen-bond donors (Lipinski definition) is 1. The highest BCUT2D eigenvalue weighted by molar-refractivity contribution is 5.92. The van der Waals surface area contributed by atoms with Gasteiger partial charge in [0.15, 0.2) is 5.78 Å². The van der Waals surface area contributed by atoms with Crippen LogP contribution in [0.5, 0.6) is 0 Å². The van der Waals surface area contributed by atoms with Gasteiger partial charge in [-0.15, -0.1) is 0 Å². The number of fused-ring (bicyclic) bond motifs is 3. The van der Waals surface area contributed by atoms with Crippen LogP contribution in [0.3, 0.4) is 0 Å². The van der Waals surface area contributed by atoms with Crippen molar-refractivity contribution in [2.24, 2.45) is 22.2 Å². The minimum Gasteiger partial charge on any atom is -0.523 e. The van der Waals surface area contributed by atoms with Crippen LogP contribution < -0.4 is 0 Å². The number of ketones is 1. The molecule has 3 rings (SSSR count). The maximum absolute atomic E-state index is 12.1. The Balaban J connectivity index is 2.23. The number of aliphatic hydroxyl groups excluding tert-OH is 1. The maximum Gasteiger partial charge on any atom is 0.203 e. The molecule has 0 aromatic carbocycles. The van der Waals surface area contributed by atoms with Crippen molar-refractivity contribution in [2.75, 3.05) is 0 Å². The summed E-state index contributed by atoms with van der Waals surface area (Å²) < 4.78 is 0. The van der Waals surface area contributed by atoms with Crippen LogP contribution in [0, 0.1) is 40.1 Å². The molecule has 0 amide bonds. The molecular weight excluding hydrogens is 288 g/mol. The lowest BCUT2D eigenvalue weighted by Gasteiger charge is -2.58. The first-order valence-electron chi connectivity index (χ1n) is 8.18. The van der Waals surface area contributed by atoms with Crippen molar-refractivity contribution in [3.8, 4) is 6.07 Å². The number of rotatable bonds is 0. The third kappa shape index (κ3) is 1.91. The van der Waals surface area contributed by atoms with Gasteiger partial charge in [-0.1, -0.05) is 20.8 Å². The Hall–Kier alpha value is -2.07.